The molecule has 5 rings (SSSR count). The zero-order chi connectivity index (χ0) is 34.5. The molecule has 1 aromatic carbocycles. The Morgan fingerprint density at radius 3 is 2.50 bits per heavy atom. The van der Waals surface area contributed by atoms with Crippen molar-refractivity contribution in [3.05, 3.63) is 57.1 Å². The van der Waals surface area contributed by atoms with Crippen molar-refractivity contribution >= 4 is 32.8 Å². The summed E-state index contributed by atoms with van der Waals surface area (Å²) in [6, 6.07) is 4.90. The van der Waals surface area contributed by atoms with Gasteiger partial charge in [0.1, 0.15) is 27.5 Å². The van der Waals surface area contributed by atoms with Gasteiger partial charge in [0, 0.05) is 35.4 Å². The summed E-state index contributed by atoms with van der Waals surface area (Å²) in [7, 11) is -1.77. The van der Waals surface area contributed by atoms with Crippen LogP contribution in [-0.2, 0) is 27.1 Å². The molecular formula is C34H44F3N5O5S. The molecule has 10 nitrogen and oxygen atoms in total. The lowest BCUT2D eigenvalue weighted by Gasteiger charge is -2.31. The van der Waals surface area contributed by atoms with Crippen LogP contribution in [0.1, 0.15) is 93.4 Å². The van der Waals surface area contributed by atoms with Crippen LogP contribution in [0.15, 0.2) is 29.1 Å². The summed E-state index contributed by atoms with van der Waals surface area (Å²) in [4.78, 5) is 24.8. The number of rotatable bonds is 14. The first-order valence-corrected chi connectivity index (χ1v) is 18.6. The number of nitrogens with one attached hydrogen (secondary N) is 2. The van der Waals surface area contributed by atoms with E-state index in [1.807, 2.05) is 0 Å². The van der Waals surface area contributed by atoms with Gasteiger partial charge in [-0.3, -0.25) is 4.79 Å². The molecule has 0 unspecified atom stereocenters. The second kappa shape index (κ2) is 15.4. The van der Waals surface area contributed by atoms with Gasteiger partial charge < -0.3 is 24.7 Å². The van der Waals surface area contributed by atoms with Crippen molar-refractivity contribution in [2.45, 2.75) is 89.1 Å². The van der Waals surface area contributed by atoms with Gasteiger partial charge >= 0.3 is 0 Å². The van der Waals surface area contributed by atoms with E-state index in [-0.39, 0.29) is 53.1 Å². The Bertz CT molecular complexity index is 1760. The second-order valence-electron chi connectivity index (χ2n) is 12.9. The lowest BCUT2D eigenvalue weighted by Crippen LogP contribution is -2.37. The fourth-order valence-corrected chi connectivity index (χ4v) is 8.42. The standard InChI is InChI=1S/C34H44F3N5O5S/c1-22(25-9-8-10-28(29(25)35)34(36,37)24-11-15-38-16-12-24)39-31-27-21-26(23-13-19-48(45,46)20-14-23)33(44)42(17-6-4-3-5-7-18-43)30(27)32(47-2)41-40-31/h8-10,18,21-24,38H,3-7,11-17,19-20H2,1-2H3,(H,39,40)/t22-/m1/s1. The van der Waals surface area contributed by atoms with Crippen molar-refractivity contribution in [2.24, 2.45) is 5.92 Å². The molecule has 2 fully saturated rings. The van der Waals surface area contributed by atoms with Crippen LogP contribution in [-0.4, -0.2) is 61.2 Å². The smallest absolute Gasteiger partial charge is 0.278 e. The molecule has 2 N–H and O–H groups in total. The molecule has 2 aromatic heterocycles. The Kier molecular flexibility index (Phi) is 11.4. The third-order valence-corrected chi connectivity index (χ3v) is 11.4. The van der Waals surface area contributed by atoms with Crippen LogP contribution in [0.2, 0.25) is 0 Å². The largest absolute Gasteiger partial charge is 0.478 e. The lowest BCUT2D eigenvalue weighted by molar-refractivity contribution is -0.107. The highest BCUT2D eigenvalue weighted by atomic mass is 32.2. The molecule has 2 aliphatic rings. The number of halogens is 3. The van der Waals surface area contributed by atoms with Gasteiger partial charge in [-0.05, 0) is 70.5 Å². The fraction of sp³-hybridized carbons (Fsp3) is 0.588. The zero-order valence-corrected chi connectivity index (χ0v) is 28.3. The van der Waals surface area contributed by atoms with Gasteiger partial charge in [0.25, 0.3) is 17.4 Å². The Morgan fingerprint density at radius 2 is 1.81 bits per heavy atom. The van der Waals surface area contributed by atoms with Crippen LogP contribution in [0, 0.1) is 11.7 Å². The van der Waals surface area contributed by atoms with E-state index in [0.717, 1.165) is 31.6 Å². The minimum atomic E-state index is -3.35. The molecule has 14 heteroatoms. The summed E-state index contributed by atoms with van der Waals surface area (Å²) >= 11 is 0. The molecule has 0 aliphatic carbocycles. The van der Waals surface area contributed by atoms with E-state index < -0.39 is 39.1 Å². The Hall–Kier alpha value is -3.52. The molecule has 0 radical (unpaired) electrons. The monoisotopic (exact) mass is 691 g/mol. The predicted molar refractivity (Wildman–Crippen MR) is 178 cm³/mol. The second-order valence-corrected chi connectivity index (χ2v) is 15.2. The first kappa shape index (κ1) is 35.8. The van der Waals surface area contributed by atoms with Crippen molar-refractivity contribution in [1.29, 1.82) is 0 Å². The van der Waals surface area contributed by atoms with Crippen LogP contribution in [0.25, 0.3) is 10.9 Å². The van der Waals surface area contributed by atoms with E-state index >= 15 is 13.2 Å². The van der Waals surface area contributed by atoms with Gasteiger partial charge in [0.05, 0.1) is 30.2 Å². The number of alkyl halides is 2. The lowest BCUT2D eigenvalue weighted by atomic mass is 9.86. The number of unbranched alkanes of at least 4 members (excludes halogenated alkanes) is 4. The third kappa shape index (κ3) is 7.69. The number of ether oxygens (including phenoxy) is 1. The molecule has 0 saturated carbocycles. The van der Waals surface area contributed by atoms with Crippen molar-refractivity contribution in [3.63, 3.8) is 0 Å². The number of carbonyl (C=O) groups excluding carboxylic acids is 1. The van der Waals surface area contributed by atoms with Gasteiger partial charge in [0.15, 0.2) is 5.82 Å². The average Bonchev–Trinajstić information content (AvgIpc) is 3.07. The van der Waals surface area contributed by atoms with Gasteiger partial charge in [-0.15, -0.1) is 10.2 Å². The number of carbonyl (C=O) groups is 1. The molecule has 262 valence electrons. The molecule has 48 heavy (non-hydrogen) atoms. The van der Waals surface area contributed by atoms with Crippen LogP contribution < -0.4 is 20.9 Å². The summed E-state index contributed by atoms with van der Waals surface area (Å²) in [6.07, 6.45) is 5.40. The number of nitrogens with zero attached hydrogens (tertiary/aromatic N) is 3. The molecule has 0 amide bonds. The van der Waals surface area contributed by atoms with E-state index in [2.05, 4.69) is 20.8 Å². The van der Waals surface area contributed by atoms with Crippen molar-refractivity contribution in [1.82, 2.24) is 20.1 Å². The predicted octanol–water partition coefficient (Wildman–Crippen LogP) is 5.65. The van der Waals surface area contributed by atoms with E-state index in [0.29, 0.717) is 61.8 Å². The molecule has 0 bridgehead atoms. The van der Waals surface area contributed by atoms with E-state index in [1.54, 1.807) is 17.6 Å². The minimum Gasteiger partial charge on any atom is -0.478 e. The number of sulfone groups is 1. The highest BCUT2D eigenvalue weighted by Gasteiger charge is 2.44. The summed E-state index contributed by atoms with van der Waals surface area (Å²) in [5.41, 5.74) is -0.0577. The first-order chi connectivity index (χ1) is 23.0. The number of hydrogen-bond donors (Lipinski definition) is 2. The first-order valence-electron chi connectivity index (χ1n) is 16.7. The Labute approximate surface area is 278 Å². The maximum atomic E-state index is 15.9. The van der Waals surface area contributed by atoms with Crippen molar-refractivity contribution < 1.29 is 31.1 Å². The summed E-state index contributed by atoms with van der Waals surface area (Å²) in [6.45, 7) is 2.86. The Morgan fingerprint density at radius 1 is 1.10 bits per heavy atom. The highest BCUT2D eigenvalue weighted by Crippen LogP contribution is 2.43. The molecule has 4 heterocycles. The summed E-state index contributed by atoms with van der Waals surface area (Å²) < 4.78 is 78.7. The van der Waals surface area contributed by atoms with Crippen LogP contribution in [0.3, 0.4) is 0 Å². The minimum absolute atomic E-state index is 0.0243. The maximum absolute atomic E-state index is 15.9. The third-order valence-electron chi connectivity index (χ3n) is 9.72. The van der Waals surface area contributed by atoms with E-state index in [9.17, 15) is 18.0 Å². The summed E-state index contributed by atoms with van der Waals surface area (Å²) in [5.74, 6) is -5.35. The van der Waals surface area contributed by atoms with Gasteiger partial charge in [0.2, 0.25) is 0 Å². The number of fused-ring (bicyclic) bond motifs is 1. The Balaban J connectivity index is 1.54. The van der Waals surface area contributed by atoms with E-state index in [1.165, 1.54) is 19.2 Å². The number of aldehydes is 1. The molecule has 0 spiro atoms. The van der Waals surface area contributed by atoms with Crippen molar-refractivity contribution in [3.8, 4) is 5.88 Å². The normalized spacial score (nSPS) is 18.1. The fourth-order valence-electron chi connectivity index (χ4n) is 6.93. The number of pyridine rings is 1. The number of hydrogen-bond acceptors (Lipinski definition) is 9. The van der Waals surface area contributed by atoms with Crippen LogP contribution in [0.5, 0.6) is 5.88 Å². The molecule has 2 saturated heterocycles. The number of anilines is 1. The maximum Gasteiger partial charge on any atom is 0.278 e. The molecular weight excluding hydrogens is 647 g/mol. The molecule has 2 aliphatic heterocycles. The average molecular weight is 692 g/mol. The topological polar surface area (TPSA) is 132 Å². The van der Waals surface area contributed by atoms with E-state index in [4.69, 9.17) is 4.74 Å². The quantitative estimate of drug-likeness (QED) is 0.163. The van der Waals surface area contributed by atoms with Crippen LogP contribution in [0.4, 0.5) is 19.0 Å². The zero-order valence-electron chi connectivity index (χ0n) is 27.4. The highest BCUT2D eigenvalue weighted by molar-refractivity contribution is 7.91. The van der Waals surface area contributed by atoms with Gasteiger partial charge in [-0.2, -0.15) is 0 Å². The van der Waals surface area contributed by atoms with Gasteiger partial charge in [-0.25, -0.2) is 21.6 Å². The number of piperidine rings is 1. The number of aromatic nitrogens is 3. The van der Waals surface area contributed by atoms with Gasteiger partial charge in [-0.1, -0.05) is 31.0 Å². The number of benzene rings is 1. The number of aryl methyl sites for hydroxylation is 1. The molecule has 1 atom stereocenters. The molecule has 3 aromatic rings. The number of methoxy groups -OCH3 is 1. The summed E-state index contributed by atoms with van der Waals surface area (Å²) in [5, 5.41) is 15.2. The SMILES string of the molecule is COc1nnc(N[C@H](C)c2cccc(C(F)(F)C3CCNCC3)c2F)c2cc(C3CCS(=O)(=O)CC3)c(=O)n(CCCCCCC=O)c12. The van der Waals surface area contributed by atoms with Crippen molar-refractivity contribution in [2.75, 3.05) is 37.0 Å². The van der Waals surface area contributed by atoms with Crippen LogP contribution >= 0.6 is 0 Å².